The van der Waals surface area contributed by atoms with Crippen LogP contribution >= 0.6 is 11.8 Å². The molecule has 3 N–H and O–H groups in total. The van der Waals surface area contributed by atoms with Crippen molar-refractivity contribution in [2.75, 3.05) is 7.11 Å². The molecule has 98 valence electrons. The Kier molecular flexibility index (Phi) is 4.06. The van der Waals surface area contributed by atoms with Gasteiger partial charge in [0.05, 0.1) is 12.7 Å². The standard InChI is InChI=1S/C14H13FN2OS/c1-18-9-5-7-10(8-6-9)19-12-4-2-3-11(15)13(12)14(16)17/h2-8H,1H3,(H3,16,17). The van der Waals surface area contributed by atoms with E-state index in [1.54, 1.807) is 19.2 Å². The van der Waals surface area contributed by atoms with Crippen LogP contribution in [0.25, 0.3) is 0 Å². The molecule has 19 heavy (non-hydrogen) atoms. The summed E-state index contributed by atoms with van der Waals surface area (Å²) in [4.78, 5) is 1.55. The van der Waals surface area contributed by atoms with Gasteiger partial charge in [-0.15, -0.1) is 0 Å². The van der Waals surface area contributed by atoms with Crippen LogP contribution in [0.1, 0.15) is 5.56 Å². The van der Waals surface area contributed by atoms with E-state index in [-0.39, 0.29) is 11.4 Å². The number of nitrogens with one attached hydrogen (secondary N) is 1. The number of methoxy groups -OCH3 is 1. The van der Waals surface area contributed by atoms with Crippen molar-refractivity contribution in [2.24, 2.45) is 5.73 Å². The van der Waals surface area contributed by atoms with Crippen LogP contribution in [0.2, 0.25) is 0 Å². The zero-order valence-corrected chi connectivity index (χ0v) is 11.1. The molecule has 0 atom stereocenters. The summed E-state index contributed by atoms with van der Waals surface area (Å²) in [6, 6.07) is 12.1. The number of amidine groups is 1. The molecule has 2 aromatic rings. The Morgan fingerprint density at radius 3 is 2.47 bits per heavy atom. The predicted octanol–water partition coefficient (Wildman–Crippen LogP) is 3.27. The molecule has 0 aliphatic carbocycles. The molecule has 5 heteroatoms. The van der Waals surface area contributed by atoms with Crippen molar-refractivity contribution in [3.8, 4) is 5.75 Å². The van der Waals surface area contributed by atoms with Crippen LogP contribution in [-0.2, 0) is 0 Å². The van der Waals surface area contributed by atoms with E-state index in [0.29, 0.717) is 4.90 Å². The van der Waals surface area contributed by atoms with E-state index in [0.717, 1.165) is 10.6 Å². The van der Waals surface area contributed by atoms with Crippen LogP contribution < -0.4 is 10.5 Å². The fourth-order valence-corrected chi connectivity index (χ4v) is 2.60. The average molecular weight is 276 g/mol. The summed E-state index contributed by atoms with van der Waals surface area (Å²) in [5.74, 6) is 0.00973. The zero-order valence-electron chi connectivity index (χ0n) is 10.3. The fraction of sp³-hybridized carbons (Fsp3) is 0.0714. The van der Waals surface area contributed by atoms with E-state index in [9.17, 15) is 4.39 Å². The normalized spacial score (nSPS) is 10.2. The van der Waals surface area contributed by atoms with E-state index in [1.807, 2.05) is 24.3 Å². The quantitative estimate of drug-likeness (QED) is 0.665. The van der Waals surface area contributed by atoms with Crippen LogP contribution in [0.15, 0.2) is 52.3 Å². The van der Waals surface area contributed by atoms with Crippen LogP contribution in [0.5, 0.6) is 5.75 Å². The fourth-order valence-electron chi connectivity index (χ4n) is 1.62. The lowest BCUT2D eigenvalue weighted by Gasteiger charge is -2.09. The van der Waals surface area contributed by atoms with E-state index < -0.39 is 5.82 Å². The van der Waals surface area contributed by atoms with E-state index in [1.165, 1.54) is 17.8 Å². The molecular formula is C14H13FN2OS. The summed E-state index contributed by atoms with van der Waals surface area (Å²) in [6.45, 7) is 0. The highest BCUT2D eigenvalue weighted by atomic mass is 32.2. The average Bonchev–Trinajstić information content (AvgIpc) is 2.39. The minimum atomic E-state index is -0.481. The number of halogens is 1. The Labute approximate surface area is 115 Å². The van der Waals surface area contributed by atoms with Crippen molar-refractivity contribution < 1.29 is 9.13 Å². The molecule has 0 aliphatic heterocycles. The van der Waals surface area contributed by atoms with Gasteiger partial charge in [0.1, 0.15) is 17.4 Å². The number of hydrogen-bond donors (Lipinski definition) is 2. The third-order valence-corrected chi connectivity index (χ3v) is 3.60. The molecule has 0 unspecified atom stereocenters. The second-order valence-electron chi connectivity index (χ2n) is 3.80. The van der Waals surface area contributed by atoms with Crippen molar-refractivity contribution in [3.05, 3.63) is 53.8 Å². The van der Waals surface area contributed by atoms with E-state index in [2.05, 4.69) is 0 Å². The first-order valence-corrected chi connectivity index (χ1v) is 6.38. The van der Waals surface area contributed by atoms with Gasteiger partial charge < -0.3 is 10.5 Å². The molecule has 0 spiro atoms. The lowest BCUT2D eigenvalue weighted by Crippen LogP contribution is -2.14. The number of hydrogen-bond acceptors (Lipinski definition) is 3. The zero-order chi connectivity index (χ0) is 13.8. The molecular weight excluding hydrogens is 263 g/mol. The maximum atomic E-state index is 13.7. The first-order valence-electron chi connectivity index (χ1n) is 5.56. The van der Waals surface area contributed by atoms with Crippen molar-refractivity contribution in [1.29, 1.82) is 5.41 Å². The highest BCUT2D eigenvalue weighted by molar-refractivity contribution is 7.99. The third kappa shape index (κ3) is 3.06. The van der Waals surface area contributed by atoms with Gasteiger partial charge in [-0.3, -0.25) is 5.41 Å². The van der Waals surface area contributed by atoms with Gasteiger partial charge in [0.2, 0.25) is 0 Å². The van der Waals surface area contributed by atoms with E-state index in [4.69, 9.17) is 15.9 Å². The van der Waals surface area contributed by atoms with Gasteiger partial charge in [0.15, 0.2) is 0 Å². The highest BCUT2D eigenvalue weighted by Crippen LogP contribution is 2.32. The van der Waals surface area contributed by atoms with Crippen molar-refractivity contribution in [2.45, 2.75) is 9.79 Å². The van der Waals surface area contributed by atoms with Crippen molar-refractivity contribution >= 4 is 17.6 Å². The maximum Gasteiger partial charge on any atom is 0.135 e. The van der Waals surface area contributed by atoms with Crippen molar-refractivity contribution in [1.82, 2.24) is 0 Å². The summed E-state index contributed by atoms with van der Waals surface area (Å²) in [5.41, 5.74) is 5.57. The van der Waals surface area contributed by atoms with Crippen LogP contribution in [0.4, 0.5) is 4.39 Å². The summed E-state index contributed by atoms with van der Waals surface area (Å²) < 4.78 is 18.7. The molecule has 0 amide bonds. The van der Waals surface area contributed by atoms with Crippen molar-refractivity contribution in [3.63, 3.8) is 0 Å². The molecule has 3 nitrogen and oxygen atoms in total. The number of ether oxygens (including phenoxy) is 1. The predicted molar refractivity (Wildman–Crippen MR) is 74.5 cm³/mol. The Morgan fingerprint density at radius 1 is 1.21 bits per heavy atom. The Morgan fingerprint density at radius 2 is 1.89 bits per heavy atom. The monoisotopic (exact) mass is 276 g/mol. The van der Waals surface area contributed by atoms with Gasteiger partial charge >= 0.3 is 0 Å². The smallest absolute Gasteiger partial charge is 0.135 e. The molecule has 0 heterocycles. The second-order valence-corrected chi connectivity index (χ2v) is 4.92. The summed E-state index contributed by atoms with van der Waals surface area (Å²) in [7, 11) is 1.60. The first kappa shape index (κ1) is 13.4. The number of rotatable bonds is 4. The molecule has 2 rings (SSSR count). The summed E-state index contributed by atoms with van der Waals surface area (Å²) >= 11 is 1.36. The van der Waals surface area contributed by atoms with Crippen LogP contribution in [-0.4, -0.2) is 12.9 Å². The van der Waals surface area contributed by atoms with Gasteiger partial charge in [-0.05, 0) is 36.4 Å². The number of nitrogen functional groups attached to an aromatic ring is 1. The molecule has 0 radical (unpaired) electrons. The summed E-state index contributed by atoms with van der Waals surface area (Å²) in [5, 5.41) is 7.45. The van der Waals surface area contributed by atoms with Gasteiger partial charge in [-0.1, -0.05) is 17.8 Å². The van der Waals surface area contributed by atoms with Crippen LogP contribution in [0, 0.1) is 11.2 Å². The second kappa shape index (κ2) is 5.75. The van der Waals surface area contributed by atoms with Gasteiger partial charge in [-0.25, -0.2) is 4.39 Å². The molecule has 2 aromatic carbocycles. The van der Waals surface area contributed by atoms with Gasteiger partial charge in [0.25, 0.3) is 0 Å². The van der Waals surface area contributed by atoms with Gasteiger partial charge in [0, 0.05) is 9.79 Å². The minimum Gasteiger partial charge on any atom is -0.497 e. The molecule has 0 saturated carbocycles. The molecule has 0 saturated heterocycles. The Hall–Kier alpha value is -2.01. The Bertz CT molecular complexity index is 599. The highest BCUT2D eigenvalue weighted by Gasteiger charge is 2.12. The largest absolute Gasteiger partial charge is 0.497 e. The Balaban J connectivity index is 2.32. The number of nitrogens with two attached hydrogens (primary N) is 1. The van der Waals surface area contributed by atoms with Gasteiger partial charge in [-0.2, -0.15) is 0 Å². The molecule has 0 fully saturated rings. The lowest BCUT2D eigenvalue weighted by atomic mass is 10.2. The van der Waals surface area contributed by atoms with Crippen LogP contribution in [0.3, 0.4) is 0 Å². The molecule has 0 aliphatic rings. The van der Waals surface area contributed by atoms with E-state index >= 15 is 0 Å². The first-order chi connectivity index (χ1) is 9.11. The summed E-state index contributed by atoms with van der Waals surface area (Å²) in [6.07, 6.45) is 0. The SMILES string of the molecule is COc1ccc(Sc2cccc(F)c2C(=N)N)cc1. The lowest BCUT2D eigenvalue weighted by molar-refractivity contribution is 0.414. The number of benzene rings is 2. The maximum absolute atomic E-state index is 13.7. The molecule has 0 aromatic heterocycles. The molecule has 0 bridgehead atoms. The minimum absolute atomic E-state index is 0.142. The topological polar surface area (TPSA) is 59.1 Å². The third-order valence-electron chi connectivity index (χ3n) is 2.53.